The molecule has 0 radical (unpaired) electrons. The Morgan fingerprint density at radius 2 is 1.52 bits per heavy atom. The molecule has 9 heteroatoms. The molecule has 268 valence electrons. The van der Waals surface area contributed by atoms with Crippen LogP contribution in [0.1, 0.15) is 69.8 Å². The number of allylic oxidation sites excluding steroid dienone is 2. The molecule has 8 nitrogen and oxygen atoms in total. The number of amides is 1. The summed E-state index contributed by atoms with van der Waals surface area (Å²) in [5.74, 6) is 1.45. The van der Waals surface area contributed by atoms with E-state index < -0.39 is 26.1 Å². The molecule has 0 saturated carbocycles. The van der Waals surface area contributed by atoms with E-state index in [0.29, 0.717) is 25.5 Å². The summed E-state index contributed by atoms with van der Waals surface area (Å²) in [6.07, 6.45) is 5.54. The van der Waals surface area contributed by atoms with E-state index in [1.807, 2.05) is 93.7 Å². The van der Waals surface area contributed by atoms with Crippen LogP contribution >= 0.6 is 0 Å². The highest BCUT2D eigenvalue weighted by molar-refractivity contribution is 6.74. The van der Waals surface area contributed by atoms with E-state index in [9.17, 15) is 4.79 Å². The molecule has 0 aliphatic carbocycles. The van der Waals surface area contributed by atoms with Crippen LogP contribution in [-0.2, 0) is 27.1 Å². The first-order valence-electron chi connectivity index (χ1n) is 17.3. The van der Waals surface area contributed by atoms with E-state index in [2.05, 4.69) is 63.0 Å². The maximum Gasteiger partial charge on any atom is 0.414 e. The average Bonchev–Trinajstić information content (AvgIpc) is 3.07. The fourth-order valence-corrected chi connectivity index (χ4v) is 6.37. The number of para-hydroxylation sites is 1. The monoisotopic (exact) mass is 697 g/mol. The molecule has 1 aliphatic heterocycles. The van der Waals surface area contributed by atoms with Gasteiger partial charge in [-0.1, -0.05) is 93.6 Å². The van der Waals surface area contributed by atoms with Crippen molar-refractivity contribution in [2.75, 3.05) is 27.4 Å². The summed E-state index contributed by atoms with van der Waals surface area (Å²) in [5.41, 5.74) is 3.89. The third kappa shape index (κ3) is 9.74. The van der Waals surface area contributed by atoms with Crippen LogP contribution in [0.25, 0.3) is 0 Å². The van der Waals surface area contributed by atoms with Crippen LogP contribution in [0.2, 0.25) is 18.1 Å². The lowest BCUT2D eigenvalue weighted by atomic mass is 9.96. The quantitative estimate of drug-likeness (QED) is 0.0813. The van der Waals surface area contributed by atoms with Crippen molar-refractivity contribution in [2.45, 2.75) is 84.5 Å². The van der Waals surface area contributed by atoms with E-state index in [1.54, 1.807) is 19.1 Å². The maximum atomic E-state index is 14.2. The molecule has 50 heavy (non-hydrogen) atoms. The molecule has 3 aromatic rings. The predicted molar refractivity (Wildman–Crippen MR) is 205 cm³/mol. The van der Waals surface area contributed by atoms with Gasteiger partial charge in [-0.25, -0.2) is 4.79 Å². The highest BCUT2D eigenvalue weighted by Gasteiger charge is 2.38. The second kappa shape index (κ2) is 16.7. The van der Waals surface area contributed by atoms with Gasteiger partial charge in [0.25, 0.3) is 0 Å². The van der Waals surface area contributed by atoms with Gasteiger partial charge < -0.3 is 23.5 Å². The van der Waals surface area contributed by atoms with Crippen molar-refractivity contribution in [3.05, 3.63) is 125 Å². The van der Waals surface area contributed by atoms with Crippen LogP contribution in [0.3, 0.4) is 0 Å². The first-order chi connectivity index (χ1) is 23.7. The number of methoxy groups -OCH3 is 2. The molecule has 1 heterocycles. The number of nitrogens with zero attached hydrogens (tertiary/aromatic N) is 3. The topological polar surface area (TPSA) is 72.8 Å². The van der Waals surface area contributed by atoms with Crippen molar-refractivity contribution in [3.8, 4) is 5.75 Å². The molecule has 3 aromatic carbocycles. The summed E-state index contributed by atoms with van der Waals surface area (Å²) in [6.45, 7) is 18.5. The van der Waals surface area contributed by atoms with Gasteiger partial charge in [0.15, 0.2) is 8.32 Å². The molecule has 0 fully saturated rings. The van der Waals surface area contributed by atoms with Crippen molar-refractivity contribution in [1.29, 1.82) is 0 Å². The van der Waals surface area contributed by atoms with Crippen LogP contribution in [0, 0.1) is 0 Å². The molecule has 1 aliphatic rings. The Labute approximate surface area is 300 Å². The Bertz CT molecular complexity index is 1670. The maximum absolute atomic E-state index is 14.2. The zero-order valence-corrected chi connectivity index (χ0v) is 32.5. The molecule has 1 amide bonds. The van der Waals surface area contributed by atoms with Crippen LogP contribution in [0.4, 0.5) is 4.79 Å². The molecule has 1 atom stereocenters. The van der Waals surface area contributed by atoms with E-state index in [1.165, 1.54) is 0 Å². The molecule has 0 spiro atoms. The summed E-state index contributed by atoms with van der Waals surface area (Å²) in [7, 11) is 1.27. The molecular weight excluding hydrogens is 643 g/mol. The zero-order valence-electron chi connectivity index (χ0n) is 31.5. The number of rotatable bonds is 12. The van der Waals surface area contributed by atoms with Crippen LogP contribution in [0.15, 0.2) is 108 Å². The smallest absolute Gasteiger partial charge is 0.414 e. The van der Waals surface area contributed by atoms with E-state index >= 15 is 0 Å². The summed E-state index contributed by atoms with van der Waals surface area (Å²) < 4.78 is 24.0. The van der Waals surface area contributed by atoms with Gasteiger partial charge in [-0.05, 0) is 68.2 Å². The SMILES string of the molecule is COCCN=C(c1ccccc1CO[Si](C)(C)C(C)(C)C)N1C=CC=C(N(Cc2ccccc2OC)C(=O)OC(C)(C)C)[C@H]1c1ccccc1. The van der Waals surface area contributed by atoms with Crippen LogP contribution in [-0.4, -0.2) is 63.0 Å². The third-order valence-corrected chi connectivity index (χ3v) is 13.6. The number of aliphatic imine (C=N–C) groups is 1. The third-order valence-electron chi connectivity index (χ3n) is 9.09. The number of carbonyl (C=O) groups is 1. The van der Waals surface area contributed by atoms with E-state index in [-0.39, 0.29) is 11.6 Å². The van der Waals surface area contributed by atoms with Gasteiger partial charge in [0.05, 0.1) is 39.1 Å². The van der Waals surface area contributed by atoms with E-state index in [0.717, 1.165) is 33.8 Å². The minimum atomic E-state index is -2.05. The Morgan fingerprint density at radius 3 is 2.16 bits per heavy atom. The Hall–Kier alpha value is -4.18. The van der Waals surface area contributed by atoms with Crippen molar-refractivity contribution < 1.29 is 23.4 Å². The van der Waals surface area contributed by atoms with Crippen molar-refractivity contribution in [3.63, 3.8) is 0 Å². The molecule has 0 aromatic heterocycles. The highest BCUT2D eigenvalue weighted by Crippen LogP contribution is 2.39. The molecule has 0 saturated heterocycles. The Morgan fingerprint density at radius 1 is 0.880 bits per heavy atom. The summed E-state index contributed by atoms with van der Waals surface area (Å²) in [6, 6.07) is 25.8. The summed E-state index contributed by atoms with van der Waals surface area (Å²) in [4.78, 5) is 23.3. The van der Waals surface area contributed by atoms with Gasteiger partial charge in [-0.3, -0.25) is 9.89 Å². The largest absolute Gasteiger partial charge is 0.496 e. The van der Waals surface area contributed by atoms with Gasteiger partial charge >= 0.3 is 6.09 Å². The lowest BCUT2D eigenvalue weighted by Crippen LogP contribution is -2.43. The zero-order chi connectivity index (χ0) is 36.5. The summed E-state index contributed by atoms with van der Waals surface area (Å²) in [5, 5.41) is 0.0671. The van der Waals surface area contributed by atoms with Crippen molar-refractivity contribution >= 4 is 20.2 Å². The highest BCUT2D eigenvalue weighted by atomic mass is 28.4. The van der Waals surface area contributed by atoms with Gasteiger partial charge in [0.2, 0.25) is 0 Å². The summed E-state index contributed by atoms with van der Waals surface area (Å²) >= 11 is 0. The molecule has 0 bridgehead atoms. The van der Waals surface area contributed by atoms with Crippen molar-refractivity contribution in [1.82, 2.24) is 9.80 Å². The molecule has 0 N–H and O–H groups in total. The fourth-order valence-electron chi connectivity index (χ4n) is 5.42. The Balaban J connectivity index is 1.88. The number of carbonyl (C=O) groups excluding carboxylic acids is 1. The second-order valence-electron chi connectivity index (χ2n) is 14.9. The van der Waals surface area contributed by atoms with Crippen LogP contribution < -0.4 is 4.74 Å². The second-order valence-corrected chi connectivity index (χ2v) is 19.7. The lowest BCUT2D eigenvalue weighted by molar-refractivity contribution is 0.0276. The number of hydrogen-bond donors (Lipinski definition) is 0. The normalized spacial score (nSPS) is 15.5. The first-order valence-corrected chi connectivity index (χ1v) is 20.2. The average molecular weight is 698 g/mol. The number of benzene rings is 3. The molecular formula is C41H55N3O5Si. The fraction of sp³-hybridized carbons (Fsp3) is 0.415. The number of hydrogen-bond acceptors (Lipinski definition) is 6. The van der Waals surface area contributed by atoms with Gasteiger partial charge in [-0.2, -0.15) is 0 Å². The standard InChI is InChI=1S/C41H55N3O5Si/c1-40(2,3)49-39(45)44(29-32-21-15-17-25-36(32)47-8)35-24-18-27-43(37(35)31-19-12-11-13-20-31)38(42-26-28-46-7)34-23-16-14-22-33(34)30-48-50(9,10)41(4,5)6/h11-25,27,37H,26,28-30H2,1-10H3/t37-/m1/s1. The van der Waals surface area contributed by atoms with Gasteiger partial charge in [0.1, 0.15) is 23.2 Å². The number of ether oxygens (including phenoxy) is 3. The minimum Gasteiger partial charge on any atom is -0.496 e. The van der Waals surface area contributed by atoms with Crippen molar-refractivity contribution in [2.24, 2.45) is 4.99 Å². The first kappa shape index (κ1) is 38.6. The van der Waals surface area contributed by atoms with E-state index in [4.69, 9.17) is 23.6 Å². The Kier molecular flexibility index (Phi) is 12.9. The lowest BCUT2D eigenvalue weighted by Gasteiger charge is -2.40. The minimum absolute atomic E-state index is 0.0671. The molecule has 4 rings (SSSR count). The van der Waals surface area contributed by atoms with Gasteiger partial charge in [0, 0.05) is 24.4 Å². The van der Waals surface area contributed by atoms with Crippen LogP contribution in [0.5, 0.6) is 5.75 Å². The molecule has 0 unspecified atom stereocenters. The number of amidine groups is 1. The predicted octanol–water partition coefficient (Wildman–Crippen LogP) is 9.50. The van der Waals surface area contributed by atoms with Gasteiger partial charge in [-0.15, -0.1) is 0 Å².